The van der Waals surface area contributed by atoms with Gasteiger partial charge < -0.3 is 4.74 Å². The molecule has 0 amide bonds. The van der Waals surface area contributed by atoms with E-state index in [9.17, 15) is 9.59 Å². The fourth-order valence-electron chi connectivity index (χ4n) is 2.09. The zero-order valence-corrected chi connectivity index (χ0v) is 9.46. The fraction of sp³-hybridized carbons (Fsp3) is 0.833. The van der Waals surface area contributed by atoms with Crippen molar-refractivity contribution < 1.29 is 14.3 Å². The van der Waals surface area contributed by atoms with Crippen molar-refractivity contribution in [1.29, 1.82) is 0 Å². The summed E-state index contributed by atoms with van der Waals surface area (Å²) in [5.74, 6) is 0.591. The van der Waals surface area contributed by atoms with Gasteiger partial charge in [0.05, 0.1) is 6.61 Å². The summed E-state index contributed by atoms with van der Waals surface area (Å²) < 4.78 is 4.83. The van der Waals surface area contributed by atoms with Crippen molar-refractivity contribution in [2.24, 2.45) is 5.92 Å². The summed E-state index contributed by atoms with van der Waals surface area (Å²) in [5, 5.41) is 0. The normalized spacial score (nSPS) is 20.6. The van der Waals surface area contributed by atoms with Crippen LogP contribution in [-0.2, 0) is 14.3 Å². The lowest BCUT2D eigenvalue weighted by Gasteiger charge is -2.06. The summed E-state index contributed by atoms with van der Waals surface area (Å²) in [7, 11) is 0. The third kappa shape index (κ3) is 4.45. The van der Waals surface area contributed by atoms with E-state index in [2.05, 4.69) is 0 Å². The molecule has 0 aliphatic heterocycles. The molecule has 0 N–H and O–H groups in total. The molecule has 0 spiro atoms. The molecule has 1 rings (SSSR count). The van der Waals surface area contributed by atoms with Crippen LogP contribution >= 0.6 is 0 Å². The molecule has 1 atom stereocenters. The van der Waals surface area contributed by atoms with Gasteiger partial charge in [-0.15, -0.1) is 0 Å². The van der Waals surface area contributed by atoms with Crippen molar-refractivity contribution in [3.63, 3.8) is 0 Å². The molecule has 1 fully saturated rings. The van der Waals surface area contributed by atoms with E-state index in [0.29, 0.717) is 18.8 Å². The van der Waals surface area contributed by atoms with Gasteiger partial charge in [-0.2, -0.15) is 0 Å². The minimum Gasteiger partial charge on any atom is -0.466 e. The lowest BCUT2D eigenvalue weighted by molar-refractivity contribution is -0.143. The van der Waals surface area contributed by atoms with Crippen LogP contribution in [0.5, 0.6) is 0 Å². The summed E-state index contributed by atoms with van der Waals surface area (Å²) in [6.07, 6.45) is 6.15. The van der Waals surface area contributed by atoms with Crippen molar-refractivity contribution in [3.8, 4) is 0 Å². The molecule has 0 bridgehead atoms. The molecule has 3 nitrogen and oxygen atoms in total. The second kappa shape index (κ2) is 6.59. The van der Waals surface area contributed by atoms with E-state index in [1.54, 1.807) is 0 Å². The predicted octanol–water partition coefficient (Wildman–Crippen LogP) is 2.48. The highest BCUT2D eigenvalue weighted by Crippen LogP contribution is 2.26. The first-order valence-corrected chi connectivity index (χ1v) is 5.92. The molecule has 1 aliphatic carbocycles. The van der Waals surface area contributed by atoms with Crippen LogP contribution in [-0.4, -0.2) is 18.4 Å². The van der Waals surface area contributed by atoms with Crippen molar-refractivity contribution in [3.05, 3.63) is 0 Å². The van der Waals surface area contributed by atoms with Gasteiger partial charge in [0.2, 0.25) is 0 Å². The molecule has 1 saturated carbocycles. The second-order valence-corrected chi connectivity index (χ2v) is 4.11. The van der Waals surface area contributed by atoms with E-state index < -0.39 is 0 Å². The minimum atomic E-state index is -0.116. The number of rotatable bonds is 6. The average Bonchev–Trinajstić information content (AvgIpc) is 2.60. The number of carbonyl (C=O) groups is 2. The smallest absolute Gasteiger partial charge is 0.305 e. The third-order valence-corrected chi connectivity index (χ3v) is 2.92. The number of ketones is 1. The van der Waals surface area contributed by atoms with E-state index in [1.807, 2.05) is 6.92 Å². The van der Waals surface area contributed by atoms with Gasteiger partial charge in [0.15, 0.2) is 0 Å². The van der Waals surface area contributed by atoms with Crippen LogP contribution in [0.25, 0.3) is 0 Å². The average molecular weight is 212 g/mol. The molecule has 0 radical (unpaired) electrons. The summed E-state index contributed by atoms with van der Waals surface area (Å²) in [5.41, 5.74) is 0. The summed E-state index contributed by atoms with van der Waals surface area (Å²) in [4.78, 5) is 22.3. The molecule has 0 aromatic heterocycles. The molecular weight excluding hydrogens is 192 g/mol. The van der Waals surface area contributed by atoms with Gasteiger partial charge in [-0.25, -0.2) is 0 Å². The standard InChI is InChI=1S/C12H20O3/c1-2-15-12(14)9-4-3-6-10-7-5-8-11(10)13/h10H,2-9H2,1H3. The van der Waals surface area contributed by atoms with Gasteiger partial charge in [0.1, 0.15) is 5.78 Å². The van der Waals surface area contributed by atoms with Crippen LogP contribution in [0.15, 0.2) is 0 Å². The van der Waals surface area contributed by atoms with Crippen LogP contribution in [0.2, 0.25) is 0 Å². The molecule has 3 heteroatoms. The van der Waals surface area contributed by atoms with Crippen LogP contribution < -0.4 is 0 Å². The number of unbranched alkanes of at least 4 members (excludes halogenated alkanes) is 1. The van der Waals surface area contributed by atoms with Gasteiger partial charge in [0, 0.05) is 18.8 Å². The Hall–Kier alpha value is -0.860. The Morgan fingerprint density at radius 2 is 2.27 bits per heavy atom. The summed E-state index contributed by atoms with van der Waals surface area (Å²) in [6.45, 7) is 2.27. The molecular formula is C12H20O3. The largest absolute Gasteiger partial charge is 0.466 e. The van der Waals surface area contributed by atoms with Crippen molar-refractivity contribution in [1.82, 2.24) is 0 Å². The van der Waals surface area contributed by atoms with Crippen LogP contribution in [0.4, 0.5) is 0 Å². The maximum atomic E-state index is 11.3. The summed E-state index contributed by atoms with van der Waals surface area (Å²) >= 11 is 0. The van der Waals surface area contributed by atoms with Crippen molar-refractivity contribution in [2.45, 2.75) is 51.9 Å². The molecule has 0 heterocycles. The maximum Gasteiger partial charge on any atom is 0.305 e. The van der Waals surface area contributed by atoms with Crippen molar-refractivity contribution >= 4 is 11.8 Å². The Morgan fingerprint density at radius 3 is 2.87 bits per heavy atom. The Morgan fingerprint density at radius 1 is 1.47 bits per heavy atom. The fourth-order valence-corrected chi connectivity index (χ4v) is 2.09. The van der Waals surface area contributed by atoms with Gasteiger partial charge in [-0.3, -0.25) is 9.59 Å². The molecule has 0 aromatic rings. The molecule has 0 saturated heterocycles. The Balaban J connectivity index is 2.01. The van der Waals surface area contributed by atoms with Crippen LogP contribution in [0.1, 0.15) is 51.9 Å². The van der Waals surface area contributed by atoms with Crippen LogP contribution in [0, 0.1) is 5.92 Å². The number of hydrogen-bond acceptors (Lipinski definition) is 3. The van der Waals surface area contributed by atoms with Gasteiger partial charge >= 0.3 is 5.97 Å². The number of Topliss-reactive ketones (excluding diaryl/α,β-unsaturated/α-hetero) is 1. The second-order valence-electron chi connectivity index (χ2n) is 4.11. The highest BCUT2D eigenvalue weighted by molar-refractivity contribution is 5.82. The maximum absolute atomic E-state index is 11.3. The third-order valence-electron chi connectivity index (χ3n) is 2.92. The highest BCUT2D eigenvalue weighted by Gasteiger charge is 2.23. The number of esters is 1. The Bertz CT molecular complexity index is 223. The van der Waals surface area contributed by atoms with Crippen LogP contribution in [0.3, 0.4) is 0 Å². The monoisotopic (exact) mass is 212 g/mol. The molecule has 0 aromatic carbocycles. The van der Waals surface area contributed by atoms with E-state index in [0.717, 1.165) is 38.5 Å². The van der Waals surface area contributed by atoms with E-state index in [1.165, 1.54) is 0 Å². The number of carbonyl (C=O) groups excluding carboxylic acids is 2. The molecule has 1 aliphatic rings. The molecule has 15 heavy (non-hydrogen) atoms. The lowest BCUT2D eigenvalue weighted by atomic mass is 9.99. The first-order chi connectivity index (χ1) is 7.24. The predicted molar refractivity (Wildman–Crippen MR) is 57.4 cm³/mol. The zero-order valence-electron chi connectivity index (χ0n) is 9.46. The van der Waals surface area contributed by atoms with Crippen molar-refractivity contribution in [2.75, 3.05) is 6.61 Å². The van der Waals surface area contributed by atoms with Gasteiger partial charge in [-0.1, -0.05) is 6.42 Å². The zero-order chi connectivity index (χ0) is 11.1. The summed E-state index contributed by atoms with van der Waals surface area (Å²) in [6, 6.07) is 0. The van der Waals surface area contributed by atoms with E-state index in [-0.39, 0.29) is 11.9 Å². The van der Waals surface area contributed by atoms with Gasteiger partial charge in [0.25, 0.3) is 0 Å². The number of hydrogen-bond donors (Lipinski definition) is 0. The highest BCUT2D eigenvalue weighted by atomic mass is 16.5. The first kappa shape index (κ1) is 12.2. The quantitative estimate of drug-likeness (QED) is 0.502. The molecule has 86 valence electrons. The number of ether oxygens (including phenoxy) is 1. The first-order valence-electron chi connectivity index (χ1n) is 5.92. The molecule has 1 unspecified atom stereocenters. The lowest BCUT2D eigenvalue weighted by Crippen LogP contribution is -2.07. The minimum absolute atomic E-state index is 0.116. The Labute approximate surface area is 91.2 Å². The van der Waals surface area contributed by atoms with Gasteiger partial charge in [-0.05, 0) is 32.6 Å². The Kier molecular flexibility index (Phi) is 5.37. The van der Waals surface area contributed by atoms with E-state index >= 15 is 0 Å². The topological polar surface area (TPSA) is 43.4 Å². The SMILES string of the molecule is CCOC(=O)CCCCC1CCCC1=O. The van der Waals surface area contributed by atoms with E-state index in [4.69, 9.17) is 4.74 Å².